The average Bonchev–Trinajstić information content (AvgIpc) is 3.13. The molecule has 8 heteroatoms. The predicted molar refractivity (Wildman–Crippen MR) is 103 cm³/mol. The largest absolute Gasteiger partial charge is 0.497 e. The lowest BCUT2D eigenvalue weighted by Gasteiger charge is -2.17. The van der Waals surface area contributed by atoms with Gasteiger partial charge in [0.05, 0.1) is 18.6 Å². The average molecular weight is 382 g/mol. The first-order valence-electron chi connectivity index (χ1n) is 8.99. The quantitative estimate of drug-likeness (QED) is 0.696. The van der Waals surface area contributed by atoms with Crippen LogP contribution in [0.4, 0.5) is 5.69 Å². The van der Waals surface area contributed by atoms with E-state index in [2.05, 4.69) is 15.6 Å². The molecule has 0 spiro atoms. The Kier molecular flexibility index (Phi) is 6.21. The predicted octanol–water partition coefficient (Wildman–Crippen LogP) is 0.989. The van der Waals surface area contributed by atoms with Crippen LogP contribution in [0.3, 0.4) is 0 Å². The molecule has 3 rings (SSSR count). The molecule has 0 bridgehead atoms. The molecule has 146 valence electrons. The number of anilines is 1. The summed E-state index contributed by atoms with van der Waals surface area (Å²) in [5, 5.41) is 5.49. The molecule has 2 heterocycles. The van der Waals surface area contributed by atoms with Crippen LogP contribution >= 0.6 is 0 Å². The molecule has 0 aliphatic carbocycles. The second-order valence-electron chi connectivity index (χ2n) is 6.39. The van der Waals surface area contributed by atoms with Crippen molar-refractivity contribution < 1.29 is 19.1 Å². The molecule has 1 atom stereocenters. The number of carbonyl (C=O) groups excluding carboxylic acids is 3. The Bertz CT molecular complexity index is 839. The number of amides is 3. The van der Waals surface area contributed by atoms with Crippen molar-refractivity contribution in [3.8, 4) is 5.75 Å². The molecule has 1 aromatic heterocycles. The van der Waals surface area contributed by atoms with Crippen LogP contribution in [0.15, 0.2) is 48.8 Å². The third-order valence-electron chi connectivity index (χ3n) is 4.51. The Balaban J connectivity index is 1.44. The van der Waals surface area contributed by atoms with Gasteiger partial charge >= 0.3 is 0 Å². The Morgan fingerprint density at radius 3 is 2.61 bits per heavy atom. The number of pyridine rings is 1. The number of nitrogens with one attached hydrogen (secondary N) is 2. The third kappa shape index (κ3) is 4.64. The van der Waals surface area contributed by atoms with E-state index in [-0.39, 0.29) is 30.7 Å². The first kappa shape index (κ1) is 19.3. The van der Waals surface area contributed by atoms with E-state index in [1.807, 2.05) is 0 Å². The summed E-state index contributed by atoms with van der Waals surface area (Å²) in [6.45, 7) is 0.916. The van der Waals surface area contributed by atoms with Gasteiger partial charge in [-0.3, -0.25) is 19.4 Å². The van der Waals surface area contributed by atoms with E-state index in [1.165, 1.54) is 6.20 Å². The minimum absolute atomic E-state index is 0.0878. The third-order valence-corrected chi connectivity index (χ3v) is 4.51. The first-order valence-corrected chi connectivity index (χ1v) is 8.99. The highest BCUT2D eigenvalue weighted by Crippen LogP contribution is 2.26. The summed E-state index contributed by atoms with van der Waals surface area (Å²) in [5.41, 5.74) is 1.20. The Hall–Kier alpha value is -3.42. The van der Waals surface area contributed by atoms with E-state index < -0.39 is 5.92 Å². The molecule has 1 aliphatic rings. The normalized spacial score (nSPS) is 16.0. The summed E-state index contributed by atoms with van der Waals surface area (Å²) in [4.78, 5) is 42.0. The lowest BCUT2D eigenvalue weighted by molar-refractivity contribution is -0.126. The van der Waals surface area contributed by atoms with Crippen LogP contribution in [0.5, 0.6) is 5.75 Å². The highest BCUT2D eigenvalue weighted by Gasteiger charge is 2.34. The van der Waals surface area contributed by atoms with E-state index in [4.69, 9.17) is 4.74 Å². The number of hydrogen-bond acceptors (Lipinski definition) is 5. The van der Waals surface area contributed by atoms with E-state index in [0.717, 1.165) is 5.69 Å². The van der Waals surface area contributed by atoms with Crippen molar-refractivity contribution in [2.24, 2.45) is 5.92 Å². The number of ether oxygens (including phenoxy) is 1. The zero-order valence-electron chi connectivity index (χ0n) is 15.6. The molecule has 2 N–H and O–H groups in total. The molecular formula is C20H22N4O4. The van der Waals surface area contributed by atoms with E-state index in [1.54, 1.807) is 54.6 Å². The fraction of sp³-hybridized carbons (Fsp3) is 0.300. The monoisotopic (exact) mass is 382 g/mol. The minimum Gasteiger partial charge on any atom is -0.497 e. The summed E-state index contributed by atoms with van der Waals surface area (Å²) in [6, 6.07) is 10.5. The van der Waals surface area contributed by atoms with Crippen molar-refractivity contribution >= 4 is 23.4 Å². The van der Waals surface area contributed by atoms with Crippen LogP contribution in [0.1, 0.15) is 16.8 Å². The standard InChI is InChI=1S/C20H22N4O4/c1-28-17-6-4-16(5-7-17)24-13-15(11-18(24)25)20(27)23-10-9-22-19(26)14-3-2-8-21-12-14/h2-8,12,15H,9-11,13H2,1H3,(H,22,26)(H,23,27). The summed E-state index contributed by atoms with van der Waals surface area (Å²) in [7, 11) is 1.58. The number of carbonyl (C=O) groups is 3. The van der Waals surface area contributed by atoms with E-state index in [9.17, 15) is 14.4 Å². The topological polar surface area (TPSA) is 101 Å². The molecular weight excluding hydrogens is 360 g/mol. The maximum atomic E-state index is 12.4. The van der Waals surface area contributed by atoms with Gasteiger partial charge in [-0.05, 0) is 36.4 Å². The van der Waals surface area contributed by atoms with Crippen LogP contribution in [-0.2, 0) is 9.59 Å². The van der Waals surface area contributed by atoms with Gasteiger partial charge in [-0.15, -0.1) is 0 Å². The van der Waals surface area contributed by atoms with Crippen molar-refractivity contribution in [3.05, 3.63) is 54.4 Å². The van der Waals surface area contributed by atoms with Gasteiger partial charge in [0, 0.05) is 44.1 Å². The zero-order valence-corrected chi connectivity index (χ0v) is 15.6. The fourth-order valence-electron chi connectivity index (χ4n) is 3.00. The Morgan fingerprint density at radius 1 is 1.18 bits per heavy atom. The van der Waals surface area contributed by atoms with Crippen LogP contribution in [0.2, 0.25) is 0 Å². The van der Waals surface area contributed by atoms with Gasteiger partial charge in [0.15, 0.2) is 0 Å². The zero-order chi connectivity index (χ0) is 19.9. The molecule has 1 saturated heterocycles. The summed E-state index contributed by atoms with van der Waals surface area (Å²) < 4.78 is 5.12. The number of aromatic nitrogens is 1. The van der Waals surface area contributed by atoms with E-state index >= 15 is 0 Å². The molecule has 1 aliphatic heterocycles. The van der Waals surface area contributed by atoms with Gasteiger partial charge in [0.2, 0.25) is 11.8 Å². The molecule has 1 aromatic carbocycles. The van der Waals surface area contributed by atoms with Gasteiger partial charge in [-0.1, -0.05) is 0 Å². The van der Waals surface area contributed by atoms with Gasteiger partial charge in [-0.25, -0.2) is 0 Å². The molecule has 3 amide bonds. The van der Waals surface area contributed by atoms with Gasteiger partial charge in [0.25, 0.3) is 5.91 Å². The summed E-state index contributed by atoms with van der Waals surface area (Å²) in [5.74, 6) is -0.235. The molecule has 1 unspecified atom stereocenters. The number of hydrogen-bond donors (Lipinski definition) is 2. The molecule has 28 heavy (non-hydrogen) atoms. The Labute approximate surface area is 162 Å². The highest BCUT2D eigenvalue weighted by atomic mass is 16.5. The smallest absolute Gasteiger partial charge is 0.252 e. The van der Waals surface area contributed by atoms with Gasteiger partial charge in [-0.2, -0.15) is 0 Å². The summed E-state index contributed by atoms with van der Waals surface area (Å²) in [6.07, 6.45) is 3.24. The maximum absolute atomic E-state index is 12.4. The minimum atomic E-state index is -0.413. The SMILES string of the molecule is COc1ccc(N2CC(C(=O)NCCNC(=O)c3cccnc3)CC2=O)cc1. The lowest BCUT2D eigenvalue weighted by Crippen LogP contribution is -2.38. The molecule has 0 radical (unpaired) electrons. The fourth-order valence-corrected chi connectivity index (χ4v) is 3.00. The van der Waals surface area contributed by atoms with Crippen molar-refractivity contribution in [2.45, 2.75) is 6.42 Å². The van der Waals surface area contributed by atoms with Gasteiger partial charge < -0.3 is 20.3 Å². The van der Waals surface area contributed by atoms with Crippen molar-refractivity contribution in [2.75, 3.05) is 31.6 Å². The van der Waals surface area contributed by atoms with Gasteiger partial charge in [0.1, 0.15) is 5.75 Å². The number of rotatable bonds is 7. The summed E-state index contributed by atoms with van der Waals surface area (Å²) >= 11 is 0. The molecule has 8 nitrogen and oxygen atoms in total. The number of methoxy groups -OCH3 is 1. The second-order valence-corrected chi connectivity index (χ2v) is 6.39. The van der Waals surface area contributed by atoms with Crippen molar-refractivity contribution in [3.63, 3.8) is 0 Å². The Morgan fingerprint density at radius 2 is 1.93 bits per heavy atom. The number of benzene rings is 1. The van der Waals surface area contributed by atoms with Crippen LogP contribution in [0.25, 0.3) is 0 Å². The molecule has 2 aromatic rings. The van der Waals surface area contributed by atoms with Crippen LogP contribution in [0, 0.1) is 5.92 Å². The van der Waals surface area contributed by atoms with Crippen LogP contribution in [-0.4, -0.2) is 49.4 Å². The highest BCUT2D eigenvalue weighted by molar-refractivity contribution is 6.00. The van der Waals surface area contributed by atoms with Crippen molar-refractivity contribution in [1.82, 2.24) is 15.6 Å². The van der Waals surface area contributed by atoms with Crippen molar-refractivity contribution in [1.29, 1.82) is 0 Å². The van der Waals surface area contributed by atoms with Crippen LogP contribution < -0.4 is 20.3 Å². The maximum Gasteiger partial charge on any atom is 0.252 e. The first-order chi connectivity index (χ1) is 13.6. The second kappa shape index (κ2) is 8.98. The molecule has 0 saturated carbocycles. The number of nitrogens with zero attached hydrogens (tertiary/aromatic N) is 2. The molecule has 1 fully saturated rings. The lowest BCUT2D eigenvalue weighted by atomic mass is 10.1. The van der Waals surface area contributed by atoms with E-state index in [0.29, 0.717) is 24.4 Å².